The first-order valence-electron chi connectivity index (χ1n) is 8.65. The highest BCUT2D eigenvalue weighted by Crippen LogP contribution is 2.17. The first kappa shape index (κ1) is 18.2. The number of rotatable bonds is 6. The molecular weight excluding hydrogens is 338 g/mol. The fourth-order valence-corrected chi connectivity index (χ4v) is 2.89. The molecule has 5 heteroatoms. The minimum absolute atomic E-state index is 0.103. The van der Waals surface area contributed by atoms with Crippen molar-refractivity contribution in [1.82, 2.24) is 10.6 Å². The fourth-order valence-electron chi connectivity index (χ4n) is 2.89. The van der Waals surface area contributed by atoms with Gasteiger partial charge in [0.25, 0.3) is 5.91 Å². The van der Waals surface area contributed by atoms with Crippen molar-refractivity contribution in [2.45, 2.75) is 12.5 Å². The lowest BCUT2D eigenvalue weighted by Crippen LogP contribution is -2.48. The maximum Gasteiger partial charge on any atom is 0.251 e. The Morgan fingerprint density at radius 2 is 1.63 bits per heavy atom. The van der Waals surface area contributed by atoms with Gasteiger partial charge in [-0.2, -0.15) is 5.26 Å². The van der Waals surface area contributed by atoms with Gasteiger partial charge in [0.15, 0.2) is 0 Å². The molecule has 0 spiro atoms. The van der Waals surface area contributed by atoms with Crippen molar-refractivity contribution < 1.29 is 9.59 Å². The first-order chi connectivity index (χ1) is 13.2. The smallest absolute Gasteiger partial charge is 0.251 e. The number of nitrogens with one attached hydrogen (secondary N) is 2. The molecule has 0 saturated carbocycles. The van der Waals surface area contributed by atoms with Crippen LogP contribution in [0.3, 0.4) is 0 Å². The van der Waals surface area contributed by atoms with Crippen LogP contribution < -0.4 is 10.6 Å². The third-order valence-electron chi connectivity index (χ3n) is 4.25. The first-order valence-corrected chi connectivity index (χ1v) is 8.65. The number of hydrogen-bond donors (Lipinski definition) is 2. The average molecular weight is 357 g/mol. The number of nitrogens with zero attached hydrogens (tertiary/aromatic N) is 1. The maximum atomic E-state index is 12.5. The summed E-state index contributed by atoms with van der Waals surface area (Å²) in [6, 6.07) is 23.8. The van der Waals surface area contributed by atoms with Crippen molar-refractivity contribution in [2.75, 3.05) is 6.54 Å². The van der Waals surface area contributed by atoms with Crippen LogP contribution in [0.25, 0.3) is 10.8 Å². The van der Waals surface area contributed by atoms with Crippen LogP contribution in [0, 0.1) is 11.3 Å². The number of hydrogen-bond acceptors (Lipinski definition) is 3. The van der Waals surface area contributed by atoms with E-state index in [0.717, 1.165) is 16.3 Å². The quantitative estimate of drug-likeness (QED) is 0.666. The monoisotopic (exact) mass is 357 g/mol. The summed E-state index contributed by atoms with van der Waals surface area (Å²) >= 11 is 0. The molecule has 0 bridgehead atoms. The third-order valence-corrected chi connectivity index (χ3v) is 4.25. The molecule has 1 atom stereocenters. The van der Waals surface area contributed by atoms with Crippen LogP contribution in [0.4, 0.5) is 0 Å². The van der Waals surface area contributed by atoms with E-state index in [0.29, 0.717) is 12.0 Å². The predicted octanol–water partition coefficient (Wildman–Crippen LogP) is 2.82. The third kappa shape index (κ3) is 4.71. The van der Waals surface area contributed by atoms with E-state index >= 15 is 0 Å². The zero-order valence-electron chi connectivity index (χ0n) is 14.7. The van der Waals surface area contributed by atoms with Gasteiger partial charge < -0.3 is 10.6 Å². The summed E-state index contributed by atoms with van der Waals surface area (Å²) in [5.41, 5.74) is 1.41. The molecule has 1 unspecified atom stereocenters. The van der Waals surface area contributed by atoms with Gasteiger partial charge in [0.2, 0.25) is 5.91 Å². The Bertz CT molecular complexity index is 993. The predicted molar refractivity (Wildman–Crippen MR) is 104 cm³/mol. The molecule has 0 aliphatic carbocycles. The number of fused-ring (bicyclic) bond motifs is 1. The van der Waals surface area contributed by atoms with E-state index in [1.165, 1.54) is 0 Å². The molecule has 0 fully saturated rings. The van der Waals surface area contributed by atoms with Gasteiger partial charge in [-0.3, -0.25) is 9.59 Å². The summed E-state index contributed by atoms with van der Waals surface area (Å²) in [5, 5.41) is 16.2. The van der Waals surface area contributed by atoms with E-state index in [2.05, 4.69) is 10.6 Å². The highest BCUT2D eigenvalue weighted by molar-refractivity contribution is 5.97. The maximum absolute atomic E-state index is 12.5. The highest BCUT2D eigenvalue weighted by atomic mass is 16.2. The summed E-state index contributed by atoms with van der Waals surface area (Å²) in [6.07, 6.45) is 0.334. The molecule has 0 aliphatic heterocycles. The van der Waals surface area contributed by atoms with Crippen LogP contribution in [-0.4, -0.2) is 24.4 Å². The molecule has 134 valence electrons. The molecule has 3 rings (SSSR count). The van der Waals surface area contributed by atoms with Crippen LogP contribution in [-0.2, 0) is 11.2 Å². The normalized spacial score (nSPS) is 11.4. The summed E-state index contributed by atoms with van der Waals surface area (Å²) in [6.45, 7) is -0.103. The fraction of sp³-hybridized carbons (Fsp3) is 0.136. The zero-order chi connectivity index (χ0) is 19.1. The SMILES string of the molecule is N#CCNC(=O)C(Cc1ccc2ccccc2c1)NC(=O)c1ccccc1. The molecule has 0 saturated heterocycles. The largest absolute Gasteiger partial charge is 0.341 e. The average Bonchev–Trinajstić information content (AvgIpc) is 2.72. The number of nitriles is 1. The van der Waals surface area contributed by atoms with E-state index in [-0.39, 0.29) is 18.4 Å². The molecular formula is C22H19N3O2. The Morgan fingerprint density at radius 1 is 0.926 bits per heavy atom. The van der Waals surface area contributed by atoms with E-state index in [4.69, 9.17) is 5.26 Å². The second-order valence-electron chi connectivity index (χ2n) is 6.15. The van der Waals surface area contributed by atoms with Gasteiger partial charge in [0, 0.05) is 12.0 Å². The molecule has 0 heterocycles. The molecule has 0 radical (unpaired) electrons. The highest BCUT2D eigenvalue weighted by Gasteiger charge is 2.21. The topological polar surface area (TPSA) is 82.0 Å². The van der Waals surface area contributed by atoms with Crippen LogP contribution in [0.1, 0.15) is 15.9 Å². The van der Waals surface area contributed by atoms with Crippen molar-refractivity contribution >= 4 is 22.6 Å². The summed E-state index contributed by atoms with van der Waals surface area (Å²) in [4.78, 5) is 24.9. The Hall–Kier alpha value is -3.65. The number of carbonyl (C=O) groups is 2. The molecule has 5 nitrogen and oxygen atoms in total. The van der Waals surface area contributed by atoms with Crippen molar-refractivity contribution in [3.8, 4) is 6.07 Å². The van der Waals surface area contributed by atoms with Crippen LogP contribution in [0.15, 0.2) is 72.8 Å². The molecule has 27 heavy (non-hydrogen) atoms. The Morgan fingerprint density at radius 3 is 2.37 bits per heavy atom. The molecule has 0 aliphatic rings. The summed E-state index contributed by atoms with van der Waals surface area (Å²) in [5.74, 6) is -0.706. The van der Waals surface area contributed by atoms with E-state index in [9.17, 15) is 9.59 Å². The van der Waals surface area contributed by atoms with Crippen molar-refractivity contribution in [2.24, 2.45) is 0 Å². The zero-order valence-corrected chi connectivity index (χ0v) is 14.7. The van der Waals surface area contributed by atoms with Gasteiger partial charge in [-0.1, -0.05) is 60.7 Å². The number of amides is 2. The summed E-state index contributed by atoms with van der Waals surface area (Å²) < 4.78 is 0. The van der Waals surface area contributed by atoms with Crippen molar-refractivity contribution in [3.63, 3.8) is 0 Å². The minimum Gasteiger partial charge on any atom is -0.341 e. The summed E-state index contributed by atoms with van der Waals surface area (Å²) in [7, 11) is 0. The van der Waals surface area contributed by atoms with E-state index < -0.39 is 6.04 Å². The van der Waals surface area contributed by atoms with Crippen LogP contribution >= 0.6 is 0 Å². The van der Waals surface area contributed by atoms with Gasteiger partial charge in [-0.25, -0.2) is 0 Å². The second kappa shape index (κ2) is 8.63. The number of carbonyl (C=O) groups excluding carboxylic acids is 2. The molecule has 3 aromatic rings. The van der Waals surface area contributed by atoms with Crippen molar-refractivity contribution in [3.05, 3.63) is 83.9 Å². The van der Waals surface area contributed by atoms with Gasteiger partial charge in [-0.15, -0.1) is 0 Å². The van der Waals surface area contributed by atoms with Gasteiger partial charge in [0.1, 0.15) is 12.6 Å². The molecule has 0 aromatic heterocycles. The molecule has 2 N–H and O–H groups in total. The van der Waals surface area contributed by atoms with Crippen LogP contribution in [0.5, 0.6) is 0 Å². The minimum atomic E-state index is -0.771. The second-order valence-corrected chi connectivity index (χ2v) is 6.15. The van der Waals surface area contributed by atoms with Crippen molar-refractivity contribution in [1.29, 1.82) is 5.26 Å². The van der Waals surface area contributed by atoms with E-state index in [1.807, 2.05) is 54.6 Å². The lowest BCUT2D eigenvalue weighted by atomic mass is 10.0. The molecule has 2 amide bonds. The van der Waals surface area contributed by atoms with Gasteiger partial charge in [0.05, 0.1) is 6.07 Å². The standard InChI is InChI=1S/C22H19N3O2/c23-12-13-24-22(27)20(25-21(26)18-7-2-1-3-8-18)15-16-10-11-17-6-4-5-9-19(17)14-16/h1-11,14,20H,13,15H2,(H,24,27)(H,25,26). The molecule has 3 aromatic carbocycles. The lowest BCUT2D eigenvalue weighted by Gasteiger charge is -2.18. The Kier molecular flexibility index (Phi) is 5.80. The number of benzene rings is 3. The Labute approximate surface area is 157 Å². The van der Waals surface area contributed by atoms with Crippen LogP contribution in [0.2, 0.25) is 0 Å². The van der Waals surface area contributed by atoms with Gasteiger partial charge in [-0.05, 0) is 28.5 Å². The van der Waals surface area contributed by atoms with Gasteiger partial charge >= 0.3 is 0 Å². The lowest BCUT2D eigenvalue weighted by molar-refractivity contribution is -0.122. The van der Waals surface area contributed by atoms with E-state index in [1.54, 1.807) is 24.3 Å². The Balaban J connectivity index is 1.81.